The summed E-state index contributed by atoms with van der Waals surface area (Å²) in [5, 5.41) is 10.4. The Hall–Kier alpha value is -2.89. The quantitative estimate of drug-likeness (QED) is 0.676. The number of nitrogens with zero attached hydrogens (tertiary/aromatic N) is 4. The van der Waals surface area contributed by atoms with E-state index in [0.717, 1.165) is 46.0 Å². The van der Waals surface area contributed by atoms with Crippen LogP contribution in [0.1, 0.15) is 10.4 Å². The Morgan fingerprint density at radius 2 is 1.96 bits per heavy atom. The molecule has 1 saturated heterocycles. The van der Waals surface area contributed by atoms with Crippen LogP contribution in [0, 0.1) is 18.3 Å². The minimum absolute atomic E-state index is 0.230. The highest BCUT2D eigenvalue weighted by atomic mass is 32.1. The Bertz CT molecular complexity index is 1080. The lowest BCUT2D eigenvalue weighted by Crippen LogP contribution is -2.37. The van der Waals surface area contributed by atoms with E-state index in [1.807, 2.05) is 25.1 Å². The van der Waals surface area contributed by atoms with Crippen LogP contribution >= 0.6 is 11.3 Å². The molecule has 0 bridgehead atoms. The van der Waals surface area contributed by atoms with Crippen LogP contribution in [0.4, 0.5) is 5.82 Å². The largest absolute Gasteiger partial charge is 0.454 e. The summed E-state index contributed by atoms with van der Waals surface area (Å²) in [6, 6.07) is 7.99. The van der Waals surface area contributed by atoms with Gasteiger partial charge in [-0.3, -0.25) is 0 Å². The average Bonchev–Trinajstić information content (AvgIpc) is 3.31. The smallest absolute Gasteiger partial charge is 0.231 e. The van der Waals surface area contributed by atoms with Crippen molar-refractivity contribution < 1.29 is 14.2 Å². The summed E-state index contributed by atoms with van der Waals surface area (Å²) in [7, 11) is 0. The van der Waals surface area contributed by atoms with Gasteiger partial charge in [-0.25, -0.2) is 9.97 Å². The molecule has 7 nitrogen and oxygen atoms in total. The van der Waals surface area contributed by atoms with E-state index >= 15 is 0 Å². The van der Waals surface area contributed by atoms with Gasteiger partial charge in [0.1, 0.15) is 21.6 Å². The topological polar surface area (TPSA) is 80.5 Å². The van der Waals surface area contributed by atoms with Crippen molar-refractivity contribution in [2.75, 3.05) is 38.0 Å². The van der Waals surface area contributed by atoms with E-state index in [4.69, 9.17) is 24.2 Å². The molecule has 8 heteroatoms. The van der Waals surface area contributed by atoms with Gasteiger partial charge in [0.2, 0.25) is 6.79 Å². The van der Waals surface area contributed by atoms with Crippen molar-refractivity contribution in [3.8, 4) is 29.0 Å². The number of hydrogen-bond acceptors (Lipinski definition) is 8. The Labute approximate surface area is 159 Å². The summed E-state index contributed by atoms with van der Waals surface area (Å²) in [6.07, 6.45) is 0. The molecule has 27 heavy (non-hydrogen) atoms. The third-order valence-corrected chi connectivity index (χ3v) is 5.90. The highest BCUT2D eigenvalue weighted by Crippen LogP contribution is 2.39. The molecule has 0 N–H and O–H groups in total. The molecule has 1 fully saturated rings. The second-order valence-corrected chi connectivity index (χ2v) is 7.39. The minimum Gasteiger partial charge on any atom is -0.454 e. The maximum Gasteiger partial charge on any atom is 0.231 e. The molecule has 0 atom stereocenters. The highest BCUT2D eigenvalue weighted by molar-refractivity contribution is 7.19. The van der Waals surface area contributed by atoms with Gasteiger partial charge < -0.3 is 19.1 Å². The monoisotopic (exact) mass is 380 g/mol. The Morgan fingerprint density at radius 1 is 1.15 bits per heavy atom. The Balaban J connectivity index is 1.70. The SMILES string of the molecule is Cc1c(C#N)sc2nc(-c3ccc4c(c3)OCO4)nc(N3CCOCC3)c12. The Kier molecular flexibility index (Phi) is 3.85. The molecule has 0 unspecified atom stereocenters. The van der Waals surface area contributed by atoms with Crippen LogP contribution in [0.15, 0.2) is 18.2 Å². The molecule has 0 radical (unpaired) electrons. The third kappa shape index (κ3) is 2.67. The summed E-state index contributed by atoms with van der Waals surface area (Å²) in [5.74, 6) is 2.91. The summed E-state index contributed by atoms with van der Waals surface area (Å²) in [5.41, 5.74) is 1.80. The second kappa shape index (κ2) is 6.37. The van der Waals surface area contributed by atoms with E-state index in [-0.39, 0.29) is 6.79 Å². The van der Waals surface area contributed by atoms with Crippen molar-refractivity contribution in [1.29, 1.82) is 5.26 Å². The van der Waals surface area contributed by atoms with Crippen molar-refractivity contribution in [3.05, 3.63) is 28.6 Å². The zero-order chi connectivity index (χ0) is 18.4. The van der Waals surface area contributed by atoms with Gasteiger partial charge in [-0.05, 0) is 30.7 Å². The van der Waals surface area contributed by atoms with Crippen molar-refractivity contribution in [1.82, 2.24) is 9.97 Å². The lowest BCUT2D eigenvalue weighted by molar-refractivity contribution is 0.122. The van der Waals surface area contributed by atoms with E-state index in [0.29, 0.717) is 29.7 Å². The van der Waals surface area contributed by atoms with Crippen LogP contribution in [-0.2, 0) is 4.74 Å². The first-order valence-corrected chi connectivity index (χ1v) is 9.50. The predicted molar refractivity (Wildman–Crippen MR) is 101 cm³/mol. The van der Waals surface area contributed by atoms with E-state index in [1.54, 1.807) is 0 Å². The molecule has 2 aromatic heterocycles. The zero-order valence-corrected chi connectivity index (χ0v) is 15.5. The molecule has 0 saturated carbocycles. The number of thiophene rings is 1. The van der Waals surface area contributed by atoms with E-state index in [2.05, 4.69) is 11.0 Å². The molecule has 3 aromatic rings. The number of benzene rings is 1. The van der Waals surface area contributed by atoms with Gasteiger partial charge in [0.15, 0.2) is 17.3 Å². The fourth-order valence-electron chi connectivity index (χ4n) is 3.39. The predicted octanol–water partition coefficient (Wildman–Crippen LogP) is 3.10. The number of anilines is 1. The molecule has 1 aromatic carbocycles. The van der Waals surface area contributed by atoms with Gasteiger partial charge >= 0.3 is 0 Å². The first-order chi connectivity index (χ1) is 13.2. The number of hydrogen-bond donors (Lipinski definition) is 0. The van der Waals surface area contributed by atoms with E-state index in [9.17, 15) is 5.26 Å². The van der Waals surface area contributed by atoms with Crippen molar-refractivity contribution in [2.45, 2.75) is 6.92 Å². The first-order valence-electron chi connectivity index (χ1n) is 8.68. The van der Waals surface area contributed by atoms with Crippen LogP contribution in [-0.4, -0.2) is 43.1 Å². The van der Waals surface area contributed by atoms with Gasteiger partial charge in [-0.2, -0.15) is 5.26 Å². The fraction of sp³-hybridized carbons (Fsp3) is 0.316. The van der Waals surface area contributed by atoms with Gasteiger partial charge in [-0.1, -0.05) is 0 Å². The summed E-state index contributed by atoms with van der Waals surface area (Å²) >= 11 is 1.41. The maximum atomic E-state index is 9.46. The second-order valence-electron chi connectivity index (χ2n) is 6.39. The van der Waals surface area contributed by atoms with E-state index in [1.165, 1.54) is 11.3 Å². The Morgan fingerprint density at radius 3 is 2.78 bits per heavy atom. The average molecular weight is 380 g/mol. The summed E-state index contributed by atoms with van der Waals surface area (Å²) in [4.78, 5) is 13.4. The normalized spacial score (nSPS) is 15.9. The number of aryl methyl sites for hydroxylation is 1. The molecule has 136 valence electrons. The van der Waals surface area contributed by atoms with Crippen molar-refractivity contribution >= 4 is 27.4 Å². The standard InChI is InChI=1S/C19H16N4O3S/c1-11-15(9-20)27-19-16(11)18(23-4-6-24-7-5-23)21-17(22-19)12-2-3-13-14(8-12)26-10-25-13/h2-3,8H,4-7,10H2,1H3. The van der Waals surface area contributed by atoms with Crippen molar-refractivity contribution in [2.24, 2.45) is 0 Å². The van der Waals surface area contributed by atoms with Crippen LogP contribution in [0.5, 0.6) is 11.5 Å². The van der Waals surface area contributed by atoms with Gasteiger partial charge in [-0.15, -0.1) is 11.3 Å². The molecular weight excluding hydrogens is 364 g/mol. The summed E-state index contributed by atoms with van der Waals surface area (Å²) in [6.45, 7) is 5.06. The number of rotatable bonds is 2. The molecule has 2 aliphatic rings. The molecule has 0 aliphatic carbocycles. The zero-order valence-electron chi connectivity index (χ0n) is 14.7. The highest BCUT2D eigenvalue weighted by Gasteiger charge is 2.23. The van der Waals surface area contributed by atoms with Gasteiger partial charge in [0.05, 0.1) is 18.6 Å². The molecule has 2 aliphatic heterocycles. The van der Waals surface area contributed by atoms with Crippen LogP contribution in [0.2, 0.25) is 0 Å². The van der Waals surface area contributed by atoms with E-state index < -0.39 is 0 Å². The maximum absolute atomic E-state index is 9.46. The minimum atomic E-state index is 0.230. The third-order valence-electron chi connectivity index (χ3n) is 4.81. The lowest BCUT2D eigenvalue weighted by atomic mass is 10.1. The molecular formula is C19H16N4O3S. The first kappa shape index (κ1) is 16.3. The number of morpholine rings is 1. The van der Waals surface area contributed by atoms with Crippen LogP contribution in [0.3, 0.4) is 0 Å². The molecule has 0 amide bonds. The lowest BCUT2D eigenvalue weighted by Gasteiger charge is -2.28. The number of fused-ring (bicyclic) bond motifs is 2. The molecule has 4 heterocycles. The number of nitriles is 1. The number of ether oxygens (including phenoxy) is 3. The van der Waals surface area contributed by atoms with Gasteiger partial charge in [0.25, 0.3) is 0 Å². The van der Waals surface area contributed by atoms with Gasteiger partial charge in [0, 0.05) is 18.7 Å². The summed E-state index contributed by atoms with van der Waals surface area (Å²) < 4.78 is 16.4. The van der Waals surface area contributed by atoms with Crippen molar-refractivity contribution in [3.63, 3.8) is 0 Å². The fourth-order valence-corrected chi connectivity index (χ4v) is 4.37. The van der Waals surface area contributed by atoms with Crippen LogP contribution in [0.25, 0.3) is 21.6 Å². The van der Waals surface area contributed by atoms with Crippen LogP contribution < -0.4 is 14.4 Å². The molecule has 0 spiro atoms. The number of aromatic nitrogens is 2. The molecule has 5 rings (SSSR count).